The lowest BCUT2D eigenvalue weighted by molar-refractivity contribution is 0.607. The standard InChI is InChI=1S/C9H18N2/c1-6-10-8(2)11-7-9(3,4)5/h7H,6H2,1-5H3. The molecule has 0 unspecified atom stereocenters. The lowest BCUT2D eigenvalue weighted by atomic mass is 9.99. The Bertz CT molecular complexity index is 161. The quantitative estimate of drug-likeness (QED) is 0.409. The van der Waals surface area contributed by atoms with Gasteiger partial charge in [0.15, 0.2) is 0 Å². The highest BCUT2D eigenvalue weighted by Crippen LogP contribution is 2.08. The van der Waals surface area contributed by atoms with Gasteiger partial charge in [0.2, 0.25) is 0 Å². The predicted octanol–water partition coefficient (Wildman–Crippen LogP) is 2.54. The number of amidine groups is 1. The average molecular weight is 154 g/mol. The Morgan fingerprint density at radius 3 is 2.27 bits per heavy atom. The highest BCUT2D eigenvalue weighted by Gasteiger charge is 2.04. The molecule has 0 atom stereocenters. The normalized spacial score (nSPS) is 14.5. The second-order valence-corrected chi connectivity index (χ2v) is 3.65. The van der Waals surface area contributed by atoms with Crippen LogP contribution in [0.4, 0.5) is 0 Å². The van der Waals surface area contributed by atoms with Crippen molar-refractivity contribution in [3.8, 4) is 0 Å². The molecular weight excluding hydrogens is 136 g/mol. The van der Waals surface area contributed by atoms with Gasteiger partial charge in [0.25, 0.3) is 0 Å². The number of nitrogens with zero attached hydrogens (tertiary/aromatic N) is 2. The highest BCUT2D eigenvalue weighted by molar-refractivity contribution is 5.88. The maximum Gasteiger partial charge on any atom is 0.119 e. The second kappa shape index (κ2) is 4.27. The fourth-order valence-electron chi connectivity index (χ4n) is 0.557. The molecule has 0 spiro atoms. The number of hydrogen-bond acceptors (Lipinski definition) is 1. The minimum absolute atomic E-state index is 0.157. The van der Waals surface area contributed by atoms with E-state index in [1.54, 1.807) is 0 Å². The van der Waals surface area contributed by atoms with Gasteiger partial charge in [-0.2, -0.15) is 0 Å². The van der Waals surface area contributed by atoms with Gasteiger partial charge in [-0.25, -0.2) is 4.99 Å². The summed E-state index contributed by atoms with van der Waals surface area (Å²) in [6.07, 6.45) is 1.93. The van der Waals surface area contributed by atoms with Crippen molar-refractivity contribution in [3.05, 3.63) is 0 Å². The Hall–Kier alpha value is -0.660. The molecular formula is C9H18N2. The number of rotatable bonds is 1. The van der Waals surface area contributed by atoms with Crippen molar-refractivity contribution in [2.75, 3.05) is 6.54 Å². The topological polar surface area (TPSA) is 24.7 Å². The first-order valence-corrected chi connectivity index (χ1v) is 4.02. The third-order valence-electron chi connectivity index (χ3n) is 1.03. The molecule has 0 heterocycles. The molecule has 0 saturated heterocycles. The number of aliphatic imine (C=N–C) groups is 2. The van der Waals surface area contributed by atoms with Gasteiger partial charge < -0.3 is 0 Å². The summed E-state index contributed by atoms with van der Waals surface area (Å²) in [5.41, 5.74) is 0.157. The van der Waals surface area contributed by atoms with E-state index in [1.165, 1.54) is 0 Å². The van der Waals surface area contributed by atoms with Crippen molar-refractivity contribution < 1.29 is 0 Å². The minimum Gasteiger partial charge on any atom is -0.271 e. The van der Waals surface area contributed by atoms with E-state index >= 15 is 0 Å². The van der Waals surface area contributed by atoms with E-state index in [9.17, 15) is 0 Å². The summed E-state index contributed by atoms with van der Waals surface area (Å²) in [6, 6.07) is 0. The first-order valence-electron chi connectivity index (χ1n) is 4.02. The van der Waals surface area contributed by atoms with Crippen molar-refractivity contribution in [1.29, 1.82) is 0 Å². The van der Waals surface area contributed by atoms with E-state index < -0.39 is 0 Å². The van der Waals surface area contributed by atoms with E-state index in [2.05, 4.69) is 30.8 Å². The third-order valence-corrected chi connectivity index (χ3v) is 1.03. The van der Waals surface area contributed by atoms with Crippen LogP contribution in [0.2, 0.25) is 0 Å². The van der Waals surface area contributed by atoms with E-state index in [0.717, 1.165) is 12.4 Å². The molecule has 0 aromatic carbocycles. The molecule has 0 N–H and O–H groups in total. The summed E-state index contributed by atoms with van der Waals surface area (Å²) < 4.78 is 0. The first kappa shape index (κ1) is 10.3. The van der Waals surface area contributed by atoms with Gasteiger partial charge in [0.05, 0.1) is 0 Å². The SMILES string of the molecule is CCN=C(C)N=CC(C)(C)C. The molecule has 0 aliphatic carbocycles. The summed E-state index contributed by atoms with van der Waals surface area (Å²) in [5, 5.41) is 0. The molecule has 0 fully saturated rings. The molecule has 0 radical (unpaired) electrons. The van der Waals surface area contributed by atoms with Crippen LogP contribution in [0.25, 0.3) is 0 Å². The largest absolute Gasteiger partial charge is 0.271 e. The summed E-state index contributed by atoms with van der Waals surface area (Å²) in [4.78, 5) is 8.36. The van der Waals surface area contributed by atoms with Crippen LogP contribution in [-0.2, 0) is 0 Å². The van der Waals surface area contributed by atoms with Crippen LogP contribution in [0.5, 0.6) is 0 Å². The van der Waals surface area contributed by atoms with Crippen LogP contribution in [0.1, 0.15) is 34.6 Å². The van der Waals surface area contributed by atoms with Crippen LogP contribution >= 0.6 is 0 Å². The molecule has 0 amide bonds. The average Bonchev–Trinajstić information content (AvgIpc) is 1.83. The van der Waals surface area contributed by atoms with E-state index in [1.807, 2.05) is 20.1 Å². The third kappa shape index (κ3) is 7.23. The first-order chi connectivity index (χ1) is 4.95. The van der Waals surface area contributed by atoms with Crippen LogP contribution < -0.4 is 0 Å². The van der Waals surface area contributed by atoms with E-state index in [4.69, 9.17) is 0 Å². The smallest absolute Gasteiger partial charge is 0.119 e. The van der Waals surface area contributed by atoms with Crippen molar-refractivity contribution in [2.45, 2.75) is 34.6 Å². The molecule has 64 valence electrons. The molecule has 0 bridgehead atoms. The number of hydrogen-bond donors (Lipinski definition) is 0. The summed E-state index contributed by atoms with van der Waals surface area (Å²) in [5.74, 6) is 0.863. The Balaban J connectivity index is 4.03. The summed E-state index contributed by atoms with van der Waals surface area (Å²) >= 11 is 0. The van der Waals surface area contributed by atoms with Gasteiger partial charge >= 0.3 is 0 Å². The lowest BCUT2D eigenvalue weighted by Crippen LogP contribution is -2.07. The van der Waals surface area contributed by atoms with Crippen molar-refractivity contribution in [3.63, 3.8) is 0 Å². The van der Waals surface area contributed by atoms with Crippen LogP contribution in [-0.4, -0.2) is 18.6 Å². The molecule has 0 aromatic heterocycles. The predicted molar refractivity (Wildman–Crippen MR) is 51.6 cm³/mol. The van der Waals surface area contributed by atoms with Crippen LogP contribution in [0.3, 0.4) is 0 Å². The van der Waals surface area contributed by atoms with Gasteiger partial charge in [-0.05, 0) is 19.3 Å². The van der Waals surface area contributed by atoms with Crippen molar-refractivity contribution in [1.82, 2.24) is 0 Å². The molecule has 0 saturated carbocycles. The molecule has 0 aliphatic heterocycles. The summed E-state index contributed by atoms with van der Waals surface area (Å²) in [6.45, 7) is 11.1. The Morgan fingerprint density at radius 1 is 1.36 bits per heavy atom. The maximum atomic E-state index is 4.21. The lowest BCUT2D eigenvalue weighted by Gasteiger charge is -2.09. The summed E-state index contributed by atoms with van der Waals surface area (Å²) in [7, 11) is 0. The fraction of sp³-hybridized carbons (Fsp3) is 0.778. The molecule has 0 aliphatic rings. The molecule has 11 heavy (non-hydrogen) atoms. The Morgan fingerprint density at radius 2 is 1.91 bits per heavy atom. The molecule has 0 aromatic rings. The van der Waals surface area contributed by atoms with Crippen LogP contribution in [0.15, 0.2) is 9.98 Å². The molecule has 2 nitrogen and oxygen atoms in total. The monoisotopic (exact) mass is 154 g/mol. The maximum absolute atomic E-state index is 4.21. The van der Waals surface area contributed by atoms with Crippen molar-refractivity contribution >= 4 is 12.1 Å². The van der Waals surface area contributed by atoms with Crippen molar-refractivity contribution in [2.24, 2.45) is 15.4 Å². The zero-order valence-electron chi connectivity index (χ0n) is 8.18. The van der Waals surface area contributed by atoms with Gasteiger partial charge in [-0.15, -0.1) is 0 Å². The zero-order chi connectivity index (χ0) is 8.91. The Kier molecular flexibility index (Phi) is 4.01. The minimum atomic E-state index is 0.157. The second-order valence-electron chi connectivity index (χ2n) is 3.65. The van der Waals surface area contributed by atoms with E-state index in [-0.39, 0.29) is 5.41 Å². The van der Waals surface area contributed by atoms with Gasteiger partial charge in [0, 0.05) is 12.8 Å². The van der Waals surface area contributed by atoms with Gasteiger partial charge in [0.1, 0.15) is 5.84 Å². The fourth-order valence-corrected chi connectivity index (χ4v) is 0.557. The van der Waals surface area contributed by atoms with E-state index in [0.29, 0.717) is 0 Å². The van der Waals surface area contributed by atoms with Gasteiger partial charge in [-0.3, -0.25) is 4.99 Å². The highest BCUT2D eigenvalue weighted by atomic mass is 14.9. The molecule has 0 rings (SSSR count). The molecule has 2 heteroatoms. The van der Waals surface area contributed by atoms with Crippen LogP contribution in [0, 0.1) is 5.41 Å². The van der Waals surface area contributed by atoms with Gasteiger partial charge in [-0.1, -0.05) is 20.8 Å². The Labute approximate surface area is 69.4 Å². The zero-order valence-corrected chi connectivity index (χ0v) is 8.18.